The summed E-state index contributed by atoms with van der Waals surface area (Å²) in [5, 5.41) is 11.1. The molecule has 0 bridgehead atoms. The van der Waals surface area contributed by atoms with E-state index in [1.807, 2.05) is 12.1 Å². The van der Waals surface area contributed by atoms with Crippen LogP contribution >= 0.6 is 0 Å². The molecule has 0 aromatic heterocycles. The minimum absolute atomic E-state index is 0.0000397. The van der Waals surface area contributed by atoms with Gasteiger partial charge in [-0.3, -0.25) is 9.59 Å². The van der Waals surface area contributed by atoms with Crippen LogP contribution in [0.2, 0.25) is 0 Å². The van der Waals surface area contributed by atoms with Gasteiger partial charge in [0.25, 0.3) is 0 Å². The van der Waals surface area contributed by atoms with E-state index in [-0.39, 0.29) is 30.7 Å². The van der Waals surface area contributed by atoms with Gasteiger partial charge in [-0.25, -0.2) is 0 Å². The van der Waals surface area contributed by atoms with Crippen LogP contribution < -0.4 is 0 Å². The Labute approximate surface area is 129 Å². The van der Waals surface area contributed by atoms with Crippen molar-refractivity contribution in [1.82, 2.24) is 4.90 Å². The Morgan fingerprint density at radius 1 is 1.18 bits per heavy atom. The van der Waals surface area contributed by atoms with E-state index >= 15 is 0 Å². The molecule has 0 saturated heterocycles. The number of rotatable bonds is 5. The molecule has 0 aliphatic heterocycles. The van der Waals surface area contributed by atoms with Crippen molar-refractivity contribution < 1.29 is 14.7 Å². The lowest BCUT2D eigenvalue weighted by molar-refractivity contribution is -0.138. The highest BCUT2D eigenvalue weighted by molar-refractivity contribution is 5.86. The molecule has 0 spiro atoms. The van der Waals surface area contributed by atoms with Crippen molar-refractivity contribution in [2.45, 2.75) is 18.8 Å². The van der Waals surface area contributed by atoms with Crippen molar-refractivity contribution >= 4 is 22.6 Å². The number of fused-ring (bicyclic) bond motifs is 1. The first-order chi connectivity index (χ1) is 10.6. The van der Waals surface area contributed by atoms with E-state index in [4.69, 9.17) is 5.11 Å². The molecule has 1 N–H and O–H groups in total. The number of carbonyl (C=O) groups excluding carboxylic acids is 1. The normalized spacial score (nSPS) is 19.9. The van der Waals surface area contributed by atoms with Gasteiger partial charge in [-0.15, -0.1) is 0 Å². The molecule has 1 saturated carbocycles. The average molecular weight is 297 g/mol. The standard InChI is InChI=1S/C18H19NO3/c1-19(9-8-17(20)21)18(22)16-11-15(16)14-7-6-12-4-2-3-5-13(12)10-14/h2-7,10,15-16H,8-9,11H2,1H3,(H,20,21). The number of hydrogen-bond donors (Lipinski definition) is 1. The number of carboxylic acid groups (broad SMARTS) is 1. The summed E-state index contributed by atoms with van der Waals surface area (Å²) < 4.78 is 0. The van der Waals surface area contributed by atoms with E-state index in [1.165, 1.54) is 16.3 Å². The average Bonchev–Trinajstić information content (AvgIpc) is 3.32. The Balaban J connectivity index is 1.67. The maximum Gasteiger partial charge on any atom is 0.305 e. The van der Waals surface area contributed by atoms with Crippen LogP contribution in [-0.2, 0) is 9.59 Å². The summed E-state index contributed by atoms with van der Waals surface area (Å²) >= 11 is 0. The van der Waals surface area contributed by atoms with Crippen LogP contribution in [0.1, 0.15) is 24.3 Å². The number of aliphatic carboxylic acids is 1. The molecular weight excluding hydrogens is 278 g/mol. The van der Waals surface area contributed by atoms with Crippen LogP contribution in [0, 0.1) is 5.92 Å². The second-order valence-electron chi connectivity index (χ2n) is 5.96. The highest BCUT2D eigenvalue weighted by Gasteiger charge is 2.45. The Morgan fingerprint density at radius 3 is 2.64 bits per heavy atom. The molecule has 2 aromatic carbocycles. The second-order valence-corrected chi connectivity index (χ2v) is 5.96. The number of carbonyl (C=O) groups is 2. The number of amides is 1. The van der Waals surface area contributed by atoms with Gasteiger partial charge < -0.3 is 10.0 Å². The topological polar surface area (TPSA) is 57.6 Å². The molecule has 1 fully saturated rings. The van der Waals surface area contributed by atoms with Crippen molar-refractivity contribution in [2.75, 3.05) is 13.6 Å². The van der Waals surface area contributed by atoms with E-state index in [9.17, 15) is 9.59 Å². The summed E-state index contributed by atoms with van der Waals surface area (Å²) in [6.07, 6.45) is 0.851. The Kier molecular flexibility index (Phi) is 3.84. The molecule has 1 amide bonds. The quantitative estimate of drug-likeness (QED) is 0.923. The minimum Gasteiger partial charge on any atom is -0.481 e. The Bertz CT molecular complexity index is 725. The van der Waals surface area contributed by atoms with Crippen molar-refractivity contribution in [3.05, 3.63) is 48.0 Å². The fourth-order valence-electron chi connectivity index (χ4n) is 2.93. The number of nitrogens with zero attached hydrogens (tertiary/aromatic N) is 1. The van der Waals surface area contributed by atoms with Crippen LogP contribution in [0.25, 0.3) is 10.8 Å². The number of benzene rings is 2. The zero-order valence-electron chi connectivity index (χ0n) is 12.5. The van der Waals surface area contributed by atoms with Gasteiger partial charge in [-0.1, -0.05) is 42.5 Å². The lowest BCUT2D eigenvalue weighted by Gasteiger charge is -2.16. The predicted octanol–water partition coefficient (Wildman–Crippen LogP) is 2.88. The first kappa shape index (κ1) is 14.6. The van der Waals surface area contributed by atoms with Gasteiger partial charge in [0.2, 0.25) is 5.91 Å². The van der Waals surface area contributed by atoms with Gasteiger partial charge in [0.1, 0.15) is 0 Å². The van der Waals surface area contributed by atoms with Gasteiger partial charge in [0.15, 0.2) is 0 Å². The summed E-state index contributed by atoms with van der Waals surface area (Å²) in [5.74, 6) is -0.551. The Hall–Kier alpha value is -2.36. The van der Waals surface area contributed by atoms with Crippen molar-refractivity contribution in [3.8, 4) is 0 Å². The van der Waals surface area contributed by atoms with Gasteiger partial charge in [0.05, 0.1) is 6.42 Å². The van der Waals surface area contributed by atoms with Crippen LogP contribution in [0.4, 0.5) is 0 Å². The largest absolute Gasteiger partial charge is 0.481 e. The van der Waals surface area contributed by atoms with Crippen LogP contribution in [-0.4, -0.2) is 35.5 Å². The molecular formula is C18H19NO3. The third-order valence-corrected chi connectivity index (χ3v) is 4.35. The smallest absolute Gasteiger partial charge is 0.305 e. The monoisotopic (exact) mass is 297 g/mol. The van der Waals surface area contributed by atoms with Crippen molar-refractivity contribution in [3.63, 3.8) is 0 Å². The van der Waals surface area contributed by atoms with Gasteiger partial charge in [0, 0.05) is 19.5 Å². The summed E-state index contributed by atoms with van der Waals surface area (Å²) in [4.78, 5) is 24.4. The Morgan fingerprint density at radius 2 is 1.91 bits per heavy atom. The summed E-state index contributed by atoms with van der Waals surface area (Å²) in [5.41, 5.74) is 1.20. The van der Waals surface area contributed by atoms with E-state index < -0.39 is 5.97 Å². The molecule has 0 heterocycles. The van der Waals surface area contributed by atoms with Crippen LogP contribution in [0.3, 0.4) is 0 Å². The molecule has 2 aromatic rings. The van der Waals surface area contributed by atoms with E-state index in [0.29, 0.717) is 0 Å². The maximum atomic E-state index is 12.3. The number of hydrogen-bond acceptors (Lipinski definition) is 2. The highest BCUT2D eigenvalue weighted by Crippen LogP contribution is 2.48. The lowest BCUT2D eigenvalue weighted by atomic mass is 10.0. The zero-order valence-corrected chi connectivity index (χ0v) is 12.5. The van der Waals surface area contributed by atoms with Crippen LogP contribution in [0.15, 0.2) is 42.5 Å². The fourth-order valence-corrected chi connectivity index (χ4v) is 2.93. The van der Waals surface area contributed by atoms with Crippen molar-refractivity contribution in [2.24, 2.45) is 5.92 Å². The molecule has 2 unspecified atom stereocenters. The predicted molar refractivity (Wildman–Crippen MR) is 84.7 cm³/mol. The minimum atomic E-state index is -0.874. The molecule has 22 heavy (non-hydrogen) atoms. The molecule has 3 rings (SSSR count). The third kappa shape index (κ3) is 2.96. The third-order valence-electron chi connectivity index (χ3n) is 4.35. The molecule has 2 atom stereocenters. The summed E-state index contributed by atoms with van der Waals surface area (Å²) in [6, 6.07) is 14.5. The van der Waals surface area contributed by atoms with E-state index in [0.717, 1.165) is 6.42 Å². The fraction of sp³-hybridized carbons (Fsp3) is 0.333. The number of carboxylic acids is 1. The molecule has 1 aliphatic rings. The molecule has 0 radical (unpaired) electrons. The highest BCUT2D eigenvalue weighted by atomic mass is 16.4. The molecule has 114 valence electrons. The van der Waals surface area contributed by atoms with E-state index in [1.54, 1.807) is 11.9 Å². The van der Waals surface area contributed by atoms with E-state index in [2.05, 4.69) is 30.3 Å². The van der Waals surface area contributed by atoms with Gasteiger partial charge >= 0.3 is 5.97 Å². The molecule has 4 nitrogen and oxygen atoms in total. The van der Waals surface area contributed by atoms with Crippen molar-refractivity contribution in [1.29, 1.82) is 0 Å². The first-order valence-electron chi connectivity index (χ1n) is 7.52. The first-order valence-corrected chi connectivity index (χ1v) is 7.52. The zero-order chi connectivity index (χ0) is 15.7. The second kappa shape index (κ2) is 5.79. The van der Waals surface area contributed by atoms with Gasteiger partial charge in [-0.2, -0.15) is 0 Å². The SMILES string of the molecule is CN(CCC(=O)O)C(=O)C1CC1c1ccc2ccccc2c1. The lowest BCUT2D eigenvalue weighted by Crippen LogP contribution is -2.30. The maximum absolute atomic E-state index is 12.3. The van der Waals surface area contributed by atoms with Gasteiger partial charge in [-0.05, 0) is 28.7 Å². The summed E-state index contributed by atoms with van der Waals surface area (Å²) in [7, 11) is 1.68. The molecule has 1 aliphatic carbocycles. The van der Waals surface area contributed by atoms with Crippen LogP contribution in [0.5, 0.6) is 0 Å². The summed E-state index contributed by atoms with van der Waals surface area (Å²) in [6.45, 7) is 0.273. The molecule has 4 heteroatoms.